The average molecular weight is 424 g/mol. The number of anilines is 2. The van der Waals surface area contributed by atoms with E-state index in [4.69, 9.17) is 4.42 Å². The van der Waals surface area contributed by atoms with Gasteiger partial charge in [-0.3, -0.25) is 24.6 Å². The van der Waals surface area contributed by atoms with Gasteiger partial charge in [0.1, 0.15) is 6.26 Å². The Bertz CT molecular complexity index is 1070. The van der Waals surface area contributed by atoms with Crippen molar-refractivity contribution in [2.45, 2.75) is 19.9 Å². The van der Waals surface area contributed by atoms with Crippen LogP contribution in [-0.4, -0.2) is 40.6 Å². The Morgan fingerprint density at radius 2 is 1.93 bits per heavy atom. The van der Waals surface area contributed by atoms with Gasteiger partial charge in [0, 0.05) is 35.6 Å². The number of nitrogens with zero attached hydrogens (tertiary/aromatic N) is 2. The van der Waals surface area contributed by atoms with E-state index in [1.165, 1.54) is 30.8 Å². The van der Waals surface area contributed by atoms with E-state index in [1.807, 2.05) is 4.90 Å². The number of carbonyl (C=O) groups is 3. The molecule has 0 saturated carbocycles. The molecule has 1 aliphatic rings. The normalized spacial score (nSPS) is 13.5. The molecule has 3 heterocycles. The highest BCUT2D eigenvalue weighted by atomic mass is 32.1. The molecule has 1 aliphatic heterocycles. The second-order valence-electron chi connectivity index (χ2n) is 7.00. The average Bonchev–Trinajstić information content (AvgIpc) is 3.37. The number of Topliss-reactive ketones (excluding diaryl/α,β-unsaturated/α-hetero) is 1. The zero-order valence-electron chi connectivity index (χ0n) is 16.3. The molecule has 1 aromatic carbocycles. The minimum Gasteiger partial charge on any atom is -0.472 e. The van der Waals surface area contributed by atoms with Crippen LogP contribution in [0, 0.1) is 0 Å². The summed E-state index contributed by atoms with van der Waals surface area (Å²) >= 11 is 1.42. The van der Waals surface area contributed by atoms with Gasteiger partial charge in [-0.05, 0) is 37.3 Å². The fraction of sp³-hybridized carbons (Fsp3) is 0.238. The van der Waals surface area contributed by atoms with Crippen molar-refractivity contribution < 1.29 is 18.8 Å². The first-order valence-corrected chi connectivity index (χ1v) is 10.2. The van der Waals surface area contributed by atoms with Gasteiger partial charge >= 0.3 is 0 Å². The number of carbonyl (C=O) groups excluding carboxylic acids is 3. The van der Waals surface area contributed by atoms with Gasteiger partial charge in [0.2, 0.25) is 5.91 Å². The molecule has 9 heteroatoms. The largest absolute Gasteiger partial charge is 0.472 e. The van der Waals surface area contributed by atoms with Crippen molar-refractivity contribution in [1.29, 1.82) is 0 Å². The Hall–Kier alpha value is -3.30. The Morgan fingerprint density at radius 3 is 2.63 bits per heavy atom. The van der Waals surface area contributed by atoms with Gasteiger partial charge in [-0.25, -0.2) is 4.98 Å². The molecule has 2 aromatic heterocycles. The summed E-state index contributed by atoms with van der Waals surface area (Å²) in [6.45, 7) is 3.07. The van der Waals surface area contributed by atoms with Crippen molar-refractivity contribution in [3.8, 4) is 0 Å². The molecule has 0 atom stereocenters. The van der Waals surface area contributed by atoms with Crippen LogP contribution in [-0.2, 0) is 17.8 Å². The molecule has 0 radical (unpaired) electrons. The fourth-order valence-corrected chi connectivity index (χ4v) is 4.24. The van der Waals surface area contributed by atoms with E-state index in [-0.39, 0.29) is 24.1 Å². The van der Waals surface area contributed by atoms with Crippen LogP contribution in [0.3, 0.4) is 0 Å². The first kappa shape index (κ1) is 20.0. The molecule has 0 unspecified atom stereocenters. The van der Waals surface area contributed by atoms with Crippen LogP contribution < -0.4 is 10.6 Å². The lowest BCUT2D eigenvalue weighted by Gasteiger charge is -2.25. The molecule has 0 aliphatic carbocycles. The number of thiazole rings is 1. The number of fused-ring (bicyclic) bond motifs is 1. The number of aromatic nitrogens is 1. The lowest BCUT2D eigenvalue weighted by Crippen LogP contribution is -2.36. The van der Waals surface area contributed by atoms with Crippen molar-refractivity contribution in [1.82, 2.24) is 9.88 Å². The first-order chi connectivity index (χ1) is 14.5. The Morgan fingerprint density at radius 1 is 1.13 bits per heavy atom. The summed E-state index contributed by atoms with van der Waals surface area (Å²) in [5.41, 5.74) is 2.67. The molecule has 4 rings (SSSR count). The number of hydrogen-bond donors (Lipinski definition) is 2. The van der Waals surface area contributed by atoms with Gasteiger partial charge < -0.3 is 9.73 Å². The summed E-state index contributed by atoms with van der Waals surface area (Å²) in [6.07, 6.45) is 3.55. The maximum atomic E-state index is 12.4. The second-order valence-corrected chi connectivity index (χ2v) is 8.08. The standard InChI is InChI=1S/C21H20N4O4S/c1-13(26)14-2-4-16(5-3-14)22-19(27)11-25-8-6-17-18(10-25)30-21(23-17)24-20(28)15-7-9-29-12-15/h2-5,7,9,12H,6,8,10-11H2,1H3,(H,22,27)(H,23,24,28). The summed E-state index contributed by atoms with van der Waals surface area (Å²) in [5, 5.41) is 6.19. The van der Waals surface area contributed by atoms with Crippen LogP contribution >= 0.6 is 11.3 Å². The summed E-state index contributed by atoms with van der Waals surface area (Å²) in [7, 11) is 0. The highest BCUT2D eigenvalue weighted by Crippen LogP contribution is 2.28. The van der Waals surface area contributed by atoms with Gasteiger partial charge in [0.15, 0.2) is 10.9 Å². The van der Waals surface area contributed by atoms with Gasteiger partial charge in [-0.2, -0.15) is 0 Å². The summed E-state index contributed by atoms with van der Waals surface area (Å²) in [6, 6.07) is 8.43. The van der Waals surface area contributed by atoms with Gasteiger partial charge in [-0.1, -0.05) is 0 Å². The summed E-state index contributed by atoms with van der Waals surface area (Å²) in [4.78, 5) is 43.5. The van der Waals surface area contributed by atoms with Gasteiger partial charge in [0.25, 0.3) is 5.91 Å². The third kappa shape index (κ3) is 4.64. The van der Waals surface area contributed by atoms with E-state index in [2.05, 4.69) is 15.6 Å². The number of hydrogen-bond acceptors (Lipinski definition) is 7. The zero-order valence-corrected chi connectivity index (χ0v) is 17.1. The number of nitrogens with one attached hydrogen (secondary N) is 2. The Kier molecular flexibility index (Phi) is 5.73. The predicted octanol–water partition coefficient (Wildman–Crippen LogP) is 3.19. The van der Waals surface area contributed by atoms with Crippen LogP contribution in [0.1, 0.15) is 38.2 Å². The fourth-order valence-electron chi connectivity index (χ4n) is 3.19. The molecule has 30 heavy (non-hydrogen) atoms. The van der Waals surface area contributed by atoms with Crippen molar-refractivity contribution in [3.05, 3.63) is 64.6 Å². The summed E-state index contributed by atoms with van der Waals surface area (Å²) < 4.78 is 4.93. The molecule has 0 saturated heterocycles. The number of ketones is 1. The number of furan rings is 1. The van der Waals surface area contributed by atoms with Crippen molar-refractivity contribution in [2.24, 2.45) is 0 Å². The van der Waals surface area contributed by atoms with E-state index in [1.54, 1.807) is 30.3 Å². The third-order valence-electron chi connectivity index (χ3n) is 4.76. The lowest BCUT2D eigenvalue weighted by atomic mass is 10.1. The van der Waals surface area contributed by atoms with E-state index >= 15 is 0 Å². The van der Waals surface area contributed by atoms with E-state index < -0.39 is 0 Å². The van der Waals surface area contributed by atoms with Gasteiger partial charge in [-0.15, -0.1) is 11.3 Å². The molecular formula is C21H20N4O4S. The molecule has 154 valence electrons. The predicted molar refractivity (Wildman–Crippen MR) is 113 cm³/mol. The number of benzene rings is 1. The SMILES string of the molecule is CC(=O)c1ccc(NC(=O)CN2CCc3nc(NC(=O)c4ccoc4)sc3C2)cc1. The van der Waals surface area contributed by atoms with Crippen LogP contribution in [0.4, 0.5) is 10.8 Å². The van der Waals surface area contributed by atoms with Crippen LogP contribution in [0.5, 0.6) is 0 Å². The Labute approximate surface area is 176 Å². The lowest BCUT2D eigenvalue weighted by molar-refractivity contribution is -0.117. The minimum atomic E-state index is -0.262. The maximum absolute atomic E-state index is 12.4. The number of amides is 2. The molecule has 0 bridgehead atoms. The maximum Gasteiger partial charge on any atom is 0.260 e. The number of rotatable bonds is 6. The van der Waals surface area contributed by atoms with Gasteiger partial charge in [0.05, 0.1) is 24.1 Å². The third-order valence-corrected chi connectivity index (χ3v) is 5.75. The van der Waals surface area contributed by atoms with Crippen molar-refractivity contribution >= 4 is 39.8 Å². The highest BCUT2D eigenvalue weighted by molar-refractivity contribution is 7.15. The smallest absolute Gasteiger partial charge is 0.260 e. The molecule has 2 N–H and O–H groups in total. The molecule has 2 amide bonds. The second kappa shape index (κ2) is 8.60. The van der Waals surface area contributed by atoms with Crippen LogP contribution in [0.2, 0.25) is 0 Å². The van der Waals surface area contributed by atoms with E-state index in [0.29, 0.717) is 41.5 Å². The molecule has 8 nitrogen and oxygen atoms in total. The first-order valence-electron chi connectivity index (χ1n) is 9.43. The van der Waals surface area contributed by atoms with Crippen LogP contribution in [0.15, 0.2) is 47.3 Å². The molecule has 3 aromatic rings. The topological polar surface area (TPSA) is 105 Å². The Balaban J connectivity index is 1.32. The highest BCUT2D eigenvalue weighted by Gasteiger charge is 2.23. The zero-order chi connectivity index (χ0) is 21.1. The van der Waals surface area contributed by atoms with E-state index in [0.717, 1.165) is 10.6 Å². The monoisotopic (exact) mass is 424 g/mol. The summed E-state index contributed by atoms with van der Waals surface area (Å²) in [5.74, 6) is -0.393. The molecule has 0 fully saturated rings. The molecular weight excluding hydrogens is 404 g/mol. The van der Waals surface area contributed by atoms with Crippen LogP contribution in [0.25, 0.3) is 0 Å². The molecule has 0 spiro atoms. The van der Waals surface area contributed by atoms with Crippen molar-refractivity contribution in [3.63, 3.8) is 0 Å². The quantitative estimate of drug-likeness (QED) is 0.589. The van der Waals surface area contributed by atoms with E-state index in [9.17, 15) is 14.4 Å². The minimum absolute atomic E-state index is 0.0121. The van der Waals surface area contributed by atoms with Crippen molar-refractivity contribution in [2.75, 3.05) is 23.7 Å².